The fourth-order valence-electron chi connectivity index (χ4n) is 7.48. The molecule has 3 unspecified atom stereocenters. The van der Waals surface area contributed by atoms with Gasteiger partial charge in [-0.3, -0.25) is 4.98 Å². The van der Waals surface area contributed by atoms with Gasteiger partial charge in [-0.25, -0.2) is 0 Å². The van der Waals surface area contributed by atoms with Crippen molar-refractivity contribution in [3.05, 3.63) is 72.1 Å². The molecule has 5 saturated carbocycles. The number of nitrogens with zero attached hydrogens (tertiary/aromatic N) is 1. The molecule has 0 aliphatic heterocycles. The van der Waals surface area contributed by atoms with Gasteiger partial charge in [-0.2, -0.15) is 0 Å². The monoisotopic (exact) mass is 385 g/mol. The van der Waals surface area contributed by atoms with Crippen molar-refractivity contribution in [2.45, 2.75) is 50.4 Å². The second-order valence-electron chi connectivity index (χ2n) is 10.3. The van der Waals surface area contributed by atoms with Gasteiger partial charge in [-0.1, -0.05) is 30.4 Å². The first-order valence-corrected chi connectivity index (χ1v) is 11.5. The summed E-state index contributed by atoms with van der Waals surface area (Å²) in [5.41, 5.74) is 3.17. The molecule has 150 valence electrons. The van der Waals surface area contributed by atoms with Gasteiger partial charge < -0.3 is 4.74 Å². The maximum atomic E-state index is 5.37. The zero-order chi connectivity index (χ0) is 19.4. The van der Waals surface area contributed by atoms with Crippen LogP contribution in [0.25, 0.3) is 0 Å². The second kappa shape index (κ2) is 6.72. The molecule has 1 aromatic heterocycles. The van der Waals surface area contributed by atoms with E-state index in [0.29, 0.717) is 23.2 Å². The van der Waals surface area contributed by atoms with Gasteiger partial charge in [0.2, 0.25) is 0 Å². The molecule has 0 radical (unpaired) electrons. The third kappa shape index (κ3) is 3.12. The molecule has 2 aromatic rings. The Hall–Kier alpha value is -2.09. The van der Waals surface area contributed by atoms with E-state index >= 15 is 0 Å². The molecule has 5 aliphatic rings. The van der Waals surface area contributed by atoms with Crippen LogP contribution in [-0.4, -0.2) is 12.1 Å². The van der Waals surface area contributed by atoms with E-state index in [1.807, 2.05) is 12.3 Å². The van der Waals surface area contributed by atoms with Crippen LogP contribution in [0.4, 0.5) is 0 Å². The largest absolute Gasteiger partial charge is 0.497 e. The summed E-state index contributed by atoms with van der Waals surface area (Å²) in [5.74, 6) is 5.59. The van der Waals surface area contributed by atoms with Crippen molar-refractivity contribution in [2.24, 2.45) is 29.1 Å². The van der Waals surface area contributed by atoms with Gasteiger partial charge >= 0.3 is 0 Å². The molecule has 5 aliphatic carbocycles. The summed E-state index contributed by atoms with van der Waals surface area (Å²) in [6, 6.07) is 15.1. The average Bonchev–Trinajstić information content (AvgIpc) is 3.46. The van der Waals surface area contributed by atoms with Gasteiger partial charge in [0.05, 0.1) is 7.11 Å². The van der Waals surface area contributed by atoms with E-state index in [-0.39, 0.29) is 0 Å². The Bertz CT molecular complexity index is 865. The molecule has 4 bridgehead atoms. The molecule has 29 heavy (non-hydrogen) atoms. The van der Waals surface area contributed by atoms with Crippen LogP contribution in [0.5, 0.6) is 5.75 Å². The van der Waals surface area contributed by atoms with Gasteiger partial charge in [-0.05, 0) is 103 Å². The van der Waals surface area contributed by atoms with Crippen molar-refractivity contribution < 1.29 is 4.74 Å². The van der Waals surface area contributed by atoms with Gasteiger partial charge in [0.15, 0.2) is 0 Å². The van der Waals surface area contributed by atoms with Crippen molar-refractivity contribution in [1.29, 1.82) is 0 Å². The summed E-state index contributed by atoms with van der Waals surface area (Å²) in [6.45, 7) is 0. The van der Waals surface area contributed by atoms with E-state index < -0.39 is 0 Å². The molecule has 2 heteroatoms. The predicted octanol–water partition coefficient (Wildman–Crippen LogP) is 6.36. The highest BCUT2D eigenvalue weighted by Gasteiger charge is 2.53. The molecular formula is C27H31NO. The van der Waals surface area contributed by atoms with Gasteiger partial charge in [0, 0.05) is 17.8 Å². The number of aromatic nitrogens is 1. The third-order valence-electron chi connectivity index (χ3n) is 8.36. The first kappa shape index (κ1) is 17.7. The summed E-state index contributed by atoms with van der Waals surface area (Å²) in [4.78, 5) is 4.72. The SMILES string of the molecule is COc1ccc(C2C(/C=C/C34CC5CC(CC(C5)C3)C4)C2c2ccccn2)cc1. The molecule has 3 atom stereocenters. The topological polar surface area (TPSA) is 22.1 Å². The Morgan fingerprint density at radius 2 is 1.59 bits per heavy atom. The van der Waals surface area contributed by atoms with E-state index in [9.17, 15) is 0 Å². The maximum Gasteiger partial charge on any atom is 0.118 e. The Balaban J connectivity index is 1.28. The minimum atomic E-state index is 0.509. The average molecular weight is 386 g/mol. The van der Waals surface area contributed by atoms with Crippen LogP contribution in [0, 0.1) is 29.1 Å². The number of pyridine rings is 1. The summed E-state index contributed by atoms with van der Waals surface area (Å²) in [6.07, 6.45) is 16.1. The maximum absolute atomic E-state index is 5.37. The zero-order valence-electron chi connectivity index (χ0n) is 17.3. The van der Waals surface area contributed by atoms with Gasteiger partial charge in [0.1, 0.15) is 5.75 Å². The summed E-state index contributed by atoms with van der Waals surface area (Å²) < 4.78 is 5.37. The lowest BCUT2D eigenvalue weighted by molar-refractivity contribution is -0.0239. The van der Waals surface area contributed by atoms with Crippen molar-refractivity contribution in [1.82, 2.24) is 4.98 Å². The van der Waals surface area contributed by atoms with Gasteiger partial charge in [-0.15, -0.1) is 0 Å². The Morgan fingerprint density at radius 3 is 2.17 bits per heavy atom. The van der Waals surface area contributed by atoms with Crippen LogP contribution in [-0.2, 0) is 0 Å². The molecule has 0 saturated heterocycles. The minimum Gasteiger partial charge on any atom is -0.497 e. The Morgan fingerprint density at radius 1 is 0.897 bits per heavy atom. The standard InChI is InChI=1S/C27H31NO/c1-29-22-7-5-21(6-8-22)25-23(26(25)24-4-2-3-11-28-24)9-10-27-15-18-12-19(16-27)14-20(13-18)17-27/h2-11,18-20,23,25-26H,12-17H2,1H3/b10-9+. The lowest BCUT2D eigenvalue weighted by Gasteiger charge is -2.56. The highest BCUT2D eigenvalue weighted by atomic mass is 16.5. The van der Waals surface area contributed by atoms with E-state index in [0.717, 1.165) is 23.5 Å². The molecule has 0 amide bonds. The van der Waals surface area contributed by atoms with Crippen LogP contribution in [0.1, 0.15) is 61.6 Å². The second-order valence-corrected chi connectivity index (χ2v) is 10.3. The lowest BCUT2D eigenvalue weighted by atomic mass is 9.49. The fourth-order valence-corrected chi connectivity index (χ4v) is 7.48. The first-order valence-electron chi connectivity index (χ1n) is 11.5. The minimum absolute atomic E-state index is 0.509. The number of rotatable bonds is 5. The summed E-state index contributed by atoms with van der Waals surface area (Å²) in [5, 5.41) is 0. The smallest absolute Gasteiger partial charge is 0.118 e. The highest BCUT2D eigenvalue weighted by molar-refractivity contribution is 5.41. The quantitative estimate of drug-likeness (QED) is 0.559. The summed E-state index contributed by atoms with van der Waals surface area (Å²) >= 11 is 0. The van der Waals surface area contributed by atoms with Crippen molar-refractivity contribution in [2.75, 3.05) is 7.11 Å². The van der Waals surface area contributed by atoms with Crippen molar-refractivity contribution in [3.63, 3.8) is 0 Å². The lowest BCUT2D eigenvalue weighted by Crippen LogP contribution is -2.45. The van der Waals surface area contributed by atoms with Crippen molar-refractivity contribution >= 4 is 0 Å². The Labute approximate surface area is 174 Å². The van der Waals surface area contributed by atoms with Crippen LogP contribution in [0.3, 0.4) is 0 Å². The van der Waals surface area contributed by atoms with Crippen LogP contribution in [0.2, 0.25) is 0 Å². The van der Waals surface area contributed by atoms with Crippen LogP contribution >= 0.6 is 0 Å². The first-order chi connectivity index (χ1) is 14.2. The number of benzene rings is 1. The van der Waals surface area contributed by atoms with E-state index in [1.54, 1.807) is 7.11 Å². The molecular weight excluding hydrogens is 354 g/mol. The normalized spacial score (nSPS) is 39.8. The molecule has 5 fully saturated rings. The number of ether oxygens (including phenoxy) is 1. The van der Waals surface area contributed by atoms with Crippen molar-refractivity contribution in [3.8, 4) is 5.75 Å². The van der Waals surface area contributed by atoms with Crippen LogP contribution < -0.4 is 4.74 Å². The van der Waals surface area contributed by atoms with Crippen LogP contribution in [0.15, 0.2) is 60.8 Å². The molecule has 0 N–H and O–H groups in total. The fraction of sp³-hybridized carbons (Fsp3) is 0.519. The van der Waals surface area contributed by atoms with Gasteiger partial charge in [0.25, 0.3) is 0 Å². The zero-order valence-corrected chi connectivity index (χ0v) is 17.3. The van der Waals surface area contributed by atoms with E-state index in [2.05, 4.69) is 48.6 Å². The number of hydrogen-bond donors (Lipinski definition) is 0. The molecule has 0 spiro atoms. The molecule has 2 nitrogen and oxygen atoms in total. The summed E-state index contributed by atoms with van der Waals surface area (Å²) in [7, 11) is 1.74. The molecule has 1 aromatic carbocycles. The molecule has 7 rings (SSSR count). The van der Waals surface area contributed by atoms with E-state index in [4.69, 9.17) is 9.72 Å². The molecule has 1 heterocycles. The highest BCUT2D eigenvalue weighted by Crippen LogP contribution is 2.64. The third-order valence-corrected chi connectivity index (χ3v) is 8.36. The van der Waals surface area contributed by atoms with E-state index in [1.165, 1.54) is 49.8 Å². The Kier molecular flexibility index (Phi) is 4.11. The number of allylic oxidation sites excluding steroid dienone is 2. The number of methoxy groups -OCH3 is 1. The predicted molar refractivity (Wildman–Crippen MR) is 116 cm³/mol. The number of hydrogen-bond acceptors (Lipinski definition) is 2.